The molecule has 1 aliphatic heterocycles. The number of ether oxygens (including phenoxy) is 1. The second-order valence-corrected chi connectivity index (χ2v) is 4.20. The fraction of sp³-hybridized carbons (Fsp3) is 0.231. The fourth-order valence-corrected chi connectivity index (χ4v) is 2.08. The zero-order chi connectivity index (χ0) is 12.4. The minimum atomic E-state index is 0.202. The van der Waals surface area contributed by atoms with E-state index in [0.717, 1.165) is 23.6 Å². The third-order valence-corrected chi connectivity index (χ3v) is 2.95. The van der Waals surface area contributed by atoms with E-state index < -0.39 is 0 Å². The van der Waals surface area contributed by atoms with Crippen molar-refractivity contribution in [2.24, 2.45) is 0 Å². The highest BCUT2D eigenvalue weighted by atomic mass is 16.5. The highest BCUT2D eigenvalue weighted by Crippen LogP contribution is 2.33. The summed E-state index contributed by atoms with van der Waals surface area (Å²) in [5.74, 6) is 2.09. The van der Waals surface area contributed by atoms with E-state index in [1.54, 1.807) is 12.4 Å². The first-order chi connectivity index (χ1) is 8.83. The molecule has 3 rings (SSSR count). The molecule has 1 unspecified atom stereocenters. The predicted molar refractivity (Wildman–Crippen MR) is 69.4 cm³/mol. The van der Waals surface area contributed by atoms with Crippen LogP contribution < -0.4 is 15.8 Å². The van der Waals surface area contributed by atoms with Crippen molar-refractivity contribution in [3.8, 4) is 5.75 Å². The molecule has 0 spiro atoms. The Morgan fingerprint density at radius 2 is 2.11 bits per heavy atom. The second kappa shape index (κ2) is 4.52. The van der Waals surface area contributed by atoms with Crippen molar-refractivity contribution in [2.45, 2.75) is 12.5 Å². The minimum absolute atomic E-state index is 0.202. The number of benzene rings is 1. The number of anilines is 2. The molecule has 2 aromatic rings. The summed E-state index contributed by atoms with van der Waals surface area (Å²) in [4.78, 5) is 8.23. The average Bonchev–Trinajstić information content (AvgIpc) is 2.42. The van der Waals surface area contributed by atoms with Crippen molar-refractivity contribution in [2.75, 3.05) is 17.7 Å². The lowest BCUT2D eigenvalue weighted by Gasteiger charge is -2.26. The molecule has 5 heteroatoms. The second-order valence-electron chi connectivity index (χ2n) is 4.20. The third kappa shape index (κ3) is 2.07. The van der Waals surface area contributed by atoms with Gasteiger partial charge in [-0.15, -0.1) is 0 Å². The summed E-state index contributed by atoms with van der Waals surface area (Å²) in [7, 11) is 0. The Kier molecular flexibility index (Phi) is 2.72. The van der Waals surface area contributed by atoms with Crippen LogP contribution in [0.15, 0.2) is 36.7 Å². The van der Waals surface area contributed by atoms with Gasteiger partial charge in [-0.25, -0.2) is 9.97 Å². The molecule has 3 N–H and O–H groups in total. The quantitative estimate of drug-likeness (QED) is 0.842. The molecule has 18 heavy (non-hydrogen) atoms. The Morgan fingerprint density at radius 3 is 2.94 bits per heavy atom. The molecule has 0 saturated heterocycles. The van der Waals surface area contributed by atoms with Gasteiger partial charge in [-0.05, 0) is 6.07 Å². The number of hydrogen-bond acceptors (Lipinski definition) is 5. The Labute approximate surface area is 105 Å². The molecule has 0 fully saturated rings. The van der Waals surface area contributed by atoms with Gasteiger partial charge < -0.3 is 15.8 Å². The van der Waals surface area contributed by atoms with Crippen LogP contribution >= 0.6 is 0 Å². The zero-order valence-corrected chi connectivity index (χ0v) is 9.84. The minimum Gasteiger partial charge on any atom is -0.493 e. The molecule has 0 aliphatic carbocycles. The molecule has 1 aliphatic rings. The van der Waals surface area contributed by atoms with Crippen LogP contribution in [0.4, 0.5) is 11.6 Å². The monoisotopic (exact) mass is 242 g/mol. The van der Waals surface area contributed by atoms with E-state index in [2.05, 4.69) is 21.4 Å². The van der Waals surface area contributed by atoms with Crippen molar-refractivity contribution < 1.29 is 4.74 Å². The number of aromatic nitrogens is 2. The largest absolute Gasteiger partial charge is 0.493 e. The Balaban J connectivity index is 1.84. The maximum atomic E-state index is 5.61. The lowest BCUT2D eigenvalue weighted by molar-refractivity contribution is 0.274. The Bertz CT molecular complexity index is 541. The summed E-state index contributed by atoms with van der Waals surface area (Å²) < 4.78 is 5.61. The molecule has 5 nitrogen and oxygen atoms in total. The van der Waals surface area contributed by atoms with E-state index in [0.29, 0.717) is 12.4 Å². The summed E-state index contributed by atoms with van der Waals surface area (Å²) >= 11 is 0. The summed E-state index contributed by atoms with van der Waals surface area (Å²) in [5, 5.41) is 3.36. The topological polar surface area (TPSA) is 73.1 Å². The highest BCUT2D eigenvalue weighted by Gasteiger charge is 2.20. The molecular formula is C13H14N4O. The van der Waals surface area contributed by atoms with Gasteiger partial charge in [0.05, 0.1) is 25.0 Å². The van der Waals surface area contributed by atoms with Crippen LogP contribution in [0.3, 0.4) is 0 Å². The molecule has 2 heterocycles. The Morgan fingerprint density at radius 1 is 1.22 bits per heavy atom. The predicted octanol–water partition coefficient (Wildman–Crippen LogP) is 1.99. The van der Waals surface area contributed by atoms with E-state index in [1.165, 1.54) is 0 Å². The summed E-state index contributed by atoms with van der Waals surface area (Å²) in [6, 6.07) is 8.24. The number of hydrogen-bond donors (Lipinski definition) is 2. The molecule has 1 aromatic carbocycles. The molecular weight excluding hydrogens is 228 g/mol. The van der Waals surface area contributed by atoms with Crippen LogP contribution in [-0.2, 0) is 0 Å². The summed E-state index contributed by atoms with van der Waals surface area (Å²) in [5.41, 5.74) is 6.67. The summed E-state index contributed by atoms with van der Waals surface area (Å²) in [6.45, 7) is 0.705. The van der Waals surface area contributed by atoms with Gasteiger partial charge in [0.25, 0.3) is 0 Å². The lowest BCUT2D eigenvalue weighted by atomic mass is 10.0. The van der Waals surface area contributed by atoms with E-state index in [4.69, 9.17) is 10.5 Å². The first-order valence-corrected chi connectivity index (χ1v) is 5.89. The smallest absolute Gasteiger partial charge is 0.145 e. The molecule has 1 aromatic heterocycles. The van der Waals surface area contributed by atoms with Gasteiger partial charge in [-0.2, -0.15) is 0 Å². The SMILES string of the molecule is Nc1cnc(NC2CCOc3ccccc32)cn1. The van der Waals surface area contributed by atoms with Crippen molar-refractivity contribution in [1.82, 2.24) is 9.97 Å². The Hall–Kier alpha value is -2.30. The molecule has 0 amide bonds. The van der Waals surface area contributed by atoms with E-state index in [-0.39, 0.29) is 6.04 Å². The van der Waals surface area contributed by atoms with Gasteiger partial charge in [0.1, 0.15) is 17.4 Å². The van der Waals surface area contributed by atoms with Crippen molar-refractivity contribution in [1.29, 1.82) is 0 Å². The van der Waals surface area contributed by atoms with Crippen molar-refractivity contribution >= 4 is 11.6 Å². The van der Waals surface area contributed by atoms with Gasteiger partial charge in [0.2, 0.25) is 0 Å². The van der Waals surface area contributed by atoms with Crippen LogP contribution in [0.5, 0.6) is 5.75 Å². The zero-order valence-electron chi connectivity index (χ0n) is 9.84. The maximum absolute atomic E-state index is 5.61. The lowest BCUT2D eigenvalue weighted by Crippen LogP contribution is -2.20. The molecule has 92 valence electrons. The number of rotatable bonds is 2. The van der Waals surface area contributed by atoms with Crippen LogP contribution in [0.1, 0.15) is 18.0 Å². The van der Waals surface area contributed by atoms with E-state index >= 15 is 0 Å². The number of fused-ring (bicyclic) bond motifs is 1. The number of nitrogens with zero attached hydrogens (tertiary/aromatic N) is 2. The fourth-order valence-electron chi connectivity index (χ4n) is 2.08. The van der Waals surface area contributed by atoms with Gasteiger partial charge in [-0.3, -0.25) is 0 Å². The normalized spacial score (nSPS) is 17.7. The third-order valence-electron chi connectivity index (χ3n) is 2.95. The molecule has 0 saturated carbocycles. The van der Waals surface area contributed by atoms with Crippen molar-refractivity contribution in [3.63, 3.8) is 0 Å². The number of nitrogen functional groups attached to an aromatic ring is 1. The highest BCUT2D eigenvalue weighted by molar-refractivity contribution is 5.44. The van der Waals surface area contributed by atoms with E-state index in [1.807, 2.05) is 18.2 Å². The maximum Gasteiger partial charge on any atom is 0.145 e. The standard InChI is InChI=1S/C13H14N4O/c14-12-7-16-13(8-15-12)17-10-5-6-18-11-4-2-1-3-9(10)11/h1-4,7-8,10H,5-6H2,(H2,14,15)(H,16,17). The number of para-hydroxylation sites is 1. The van der Waals surface area contributed by atoms with E-state index in [9.17, 15) is 0 Å². The van der Waals surface area contributed by atoms with Crippen molar-refractivity contribution in [3.05, 3.63) is 42.2 Å². The molecule has 0 radical (unpaired) electrons. The van der Waals surface area contributed by atoms with Crippen LogP contribution in [0, 0.1) is 0 Å². The van der Waals surface area contributed by atoms with Gasteiger partial charge in [0, 0.05) is 12.0 Å². The average molecular weight is 242 g/mol. The number of nitrogens with one attached hydrogen (secondary N) is 1. The van der Waals surface area contributed by atoms with Gasteiger partial charge in [-0.1, -0.05) is 18.2 Å². The van der Waals surface area contributed by atoms with Gasteiger partial charge >= 0.3 is 0 Å². The van der Waals surface area contributed by atoms with Crippen LogP contribution in [0.25, 0.3) is 0 Å². The summed E-state index contributed by atoms with van der Waals surface area (Å²) in [6.07, 6.45) is 4.10. The van der Waals surface area contributed by atoms with Gasteiger partial charge in [0.15, 0.2) is 0 Å². The van der Waals surface area contributed by atoms with Crippen LogP contribution in [-0.4, -0.2) is 16.6 Å². The first-order valence-electron chi connectivity index (χ1n) is 5.89. The first kappa shape index (κ1) is 10.8. The molecule has 0 bridgehead atoms. The van der Waals surface area contributed by atoms with Crippen LogP contribution in [0.2, 0.25) is 0 Å². The molecule has 1 atom stereocenters. The number of nitrogens with two attached hydrogens (primary N) is 1.